The van der Waals surface area contributed by atoms with Crippen molar-refractivity contribution in [3.63, 3.8) is 0 Å². The number of aromatic nitrogens is 2. The SMILES string of the molecule is CN(C)C(=O)COC1CCOC2(CCN(C(=O)c3ccnnc3)CC2)C1. The van der Waals surface area contributed by atoms with Gasteiger partial charge in [-0.1, -0.05) is 0 Å². The highest BCUT2D eigenvalue weighted by Gasteiger charge is 2.41. The summed E-state index contributed by atoms with van der Waals surface area (Å²) in [5.41, 5.74) is 0.307. The van der Waals surface area contributed by atoms with Gasteiger partial charge in [0, 0.05) is 40.2 Å². The van der Waals surface area contributed by atoms with E-state index in [-0.39, 0.29) is 30.1 Å². The molecule has 2 saturated heterocycles. The van der Waals surface area contributed by atoms with E-state index in [4.69, 9.17) is 9.47 Å². The van der Waals surface area contributed by atoms with Crippen molar-refractivity contribution in [2.75, 3.05) is 40.4 Å². The fourth-order valence-corrected chi connectivity index (χ4v) is 3.51. The summed E-state index contributed by atoms with van der Waals surface area (Å²) in [4.78, 5) is 27.6. The van der Waals surface area contributed by atoms with E-state index < -0.39 is 0 Å². The predicted octanol–water partition coefficient (Wildman–Crippen LogP) is 0.735. The van der Waals surface area contributed by atoms with Gasteiger partial charge in [-0.2, -0.15) is 10.2 Å². The molecule has 0 N–H and O–H groups in total. The van der Waals surface area contributed by atoms with Gasteiger partial charge >= 0.3 is 0 Å². The molecule has 3 heterocycles. The van der Waals surface area contributed by atoms with Crippen LogP contribution in [-0.2, 0) is 14.3 Å². The molecule has 1 unspecified atom stereocenters. The number of carbonyl (C=O) groups is 2. The Morgan fingerprint density at radius 3 is 2.77 bits per heavy atom. The van der Waals surface area contributed by atoms with Crippen LogP contribution in [0.4, 0.5) is 0 Å². The van der Waals surface area contributed by atoms with Gasteiger partial charge in [0.2, 0.25) is 5.91 Å². The number of carbonyl (C=O) groups excluding carboxylic acids is 2. The molecule has 3 rings (SSSR count). The molecular formula is C18H26N4O4. The Labute approximate surface area is 153 Å². The van der Waals surface area contributed by atoms with Gasteiger partial charge in [-0.25, -0.2) is 0 Å². The third kappa shape index (κ3) is 4.37. The fourth-order valence-electron chi connectivity index (χ4n) is 3.51. The van der Waals surface area contributed by atoms with Crippen LogP contribution in [0.5, 0.6) is 0 Å². The van der Waals surface area contributed by atoms with Gasteiger partial charge in [0.15, 0.2) is 0 Å². The van der Waals surface area contributed by atoms with Crippen molar-refractivity contribution in [3.8, 4) is 0 Å². The zero-order valence-electron chi connectivity index (χ0n) is 15.4. The Hall–Kier alpha value is -2.06. The van der Waals surface area contributed by atoms with Crippen molar-refractivity contribution in [1.29, 1.82) is 0 Å². The lowest BCUT2D eigenvalue weighted by atomic mass is 9.83. The van der Waals surface area contributed by atoms with Gasteiger partial charge in [-0.3, -0.25) is 9.59 Å². The molecule has 142 valence electrons. The molecule has 1 atom stereocenters. The monoisotopic (exact) mass is 362 g/mol. The largest absolute Gasteiger partial charge is 0.375 e. The molecule has 0 bridgehead atoms. The van der Waals surface area contributed by atoms with Crippen molar-refractivity contribution in [2.24, 2.45) is 0 Å². The minimum atomic E-state index is -0.253. The second-order valence-corrected chi connectivity index (χ2v) is 7.17. The van der Waals surface area contributed by atoms with Crippen molar-refractivity contribution < 1.29 is 19.1 Å². The van der Waals surface area contributed by atoms with E-state index in [2.05, 4.69) is 10.2 Å². The van der Waals surface area contributed by atoms with Crippen LogP contribution in [0.3, 0.4) is 0 Å². The van der Waals surface area contributed by atoms with E-state index in [9.17, 15) is 9.59 Å². The lowest BCUT2D eigenvalue weighted by molar-refractivity contribution is -0.160. The van der Waals surface area contributed by atoms with Crippen molar-refractivity contribution in [3.05, 3.63) is 24.0 Å². The summed E-state index contributed by atoms with van der Waals surface area (Å²) in [6, 6.07) is 1.68. The first-order valence-electron chi connectivity index (χ1n) is 9.01. The zero-order chi connectivity index (χ0) is 18.6. The topological polar surface area (TPSA) is 84.9 Å². The summed E-state index contributed by atoms with van der Waals surface area (Å²) >= 11 is 0. The molecule has 2 amide bonds. The molecule has 0 saturated carbocycles. The van der Waals surface area contributed by atoms with E-state index in [1.807, 2.05) is 4.90 Å². The molecule has 2 aliphatic rings. The number of piperidine rings is 1. The number of likely N-dealkylation sites (N-methyl/N-ethyl adjacent to an activating group) is 1. The molecule has 0 radical (unpaired) electrons. The summed E-state index contributed by atoms with van der Waals surface area (Å²) in [5, 5.41) is 7.48. The summed E-state index contributed by atoms with van der Waals surface area (Å²) in [6.45, 7) is 2.02. The summed E-state index contributed by atoms with van der Waals surface area (Å²) in [6.07, 6.45) is 6.17. The van der Waals surface area contributed by atoms with Crippen LogP contribution < -0.4 is 0 Å². The first kappa shape index (κ1) is 18.7. The van der Waals surface area contributed by atoms with E-state index in [0.717, 1.165) is 25.7 Å². The Kier molecular flexibility index (Phi) is 5.83. The number of amides is 2. The maximum Gasteiger partial charge on any atom is 0.255 e. The van der Waals surface area contributed by atoms with Gasteiger partial charge in [-0.15, -0.1) is 0 Å². The molecule has 1 spiro atoms. The van der Waals surface area contributed by atoms with Crippen LogP contribution in [0.25, 0.3) is 0 Å². The first-order chi connectivity index (χ1) is 12.5. The molecule has 0 aliphatic carbocycles. The third-order valence-electron chi connectivity index (χ3n) is 5.18. The van der Waals surface area contributed by atoms with Gasteiger partial charge in [0.1, 0.15) is 6.61 Å². The number of hydrogen-bond acceptors (Lipinski definition) is 6. The average Bonchev–Trinajstić information content (AvgIpc) is 2.67. The molecule has 26 heavy (non-hydrogen) atoms. The molecule has 0 aromatic carbocycles. The van der Waals surface area contributed by atoms with Crippen LogP contribution in [0.2, 0.25) is 0 Å². The quantitative estimate of drug-likeness (QED) is 0.785. The van der Waals surface area contributed by atoms with Gasteiger partial charge < -0.3 is 19.3 Å². The molecule has 8 heteroatoms. The normalized spacial score (nSPS) is 22.2. The van der Waals surface area contributed by atoms with Gasteiger partial charge in [0.05, 0.1) is 29.7 Å². The van der Waals surface area contributed by atoms with E-state index in [1.54, 1.807) is 20.2 Å². The molecule has 2 aliphatic heterocycles. The van der Waals surface area contributed by atoms with E-state index >= 15 is 0 Å². The average molecular weight is 362 g/mol. The summed E-state index contributed by atoms with van der Waals surface area (Å²) in [7, 11) is 3.45. The van der Waals surface area contributed by atoms with Gasteiger partial charge in [0.25, 0.3) is 5.91 Å². The van der Waals surface area contributed by atoms with Crippen LogP contribution in [-0.4, -0.2) is 83.9 Å². The van der Waals surface area contributed by atoms with Crippen LogP contribution in [0.15, 0.2) is 18.5 Å². The fraction of sp³-hybridized carbons (Fsp3) is 0.667. The predicted molar refractivity (Wildman–Crippen MR) is 93.5 cm³/mol. The lowest BCUT2D eigenvalue weighted by Crippen LogP contribution is -2.52. The second-order valence-electron chi connectivity index (χ2n) is 7.17. The molecule has 1 aromatic heterocycles. The van der Waals surface area contributed by atoms with Crippen molar-refractivity contribution >= 4 is 11.8 Å². The lowest BCUT2D eigenvalue weighted by Gasteiger charge is -2.46. The number of rotatable bonds is 4. The zero-order valence-corrected chi connectivity index (χ0v) is 15.4. The Morgan fingerprint density at radius 2 is 2.12 bits per heavy atom. The highest BCUT2D eigenvalue weighted by atomic mass is 16.5. The maximum atomic E-state index is 12.5. The highest BCUT2D eigenvalue weighted by Crippen LogP contribution is 2.36. The summed E-state index contributed by atoms with van der Waals surface area (Å²) < 4.78 is 11.9. The minimum absolute atomic E-state index is 0.0186. The Bertz CT molecular complexity index is 629. The minimum Gasteiger partial charge on any atom is -0.375 e. The molecular weight excluding hydrogens is 336 g/mol. The van der Waals surface area contributed by atoms with E-state index in [1.165, 1.54) is 17.3 Å². The number of nitrogens with zero attached hydrogens (tertiary/aromatic N) is 4. The maximum absolute atomic E-state index is 12.5. The number of likely N-dealkylation sites (tertiary alicyclic amines) is 1. The Morgan fingerprint density at radius 1 is 1.35 bits per heavy atom. The highest BCUT2D eigenvalue weighted by molar-refractivity contribution is 5.93. The van der Waals surface area contributed by atoms with Gasteiger partial charge in [-0.05, 0) is 25.3 Å². The standard InChI is InChI=1S/C18H26N4O4/c1-21(2)16(23)13-25-15-4-10-26-18(11-15)5-8-22(9-6-18)17(24)14-3-7-19-20-12-14/h3,7,12,15H,4-6,8-11,13H2,1-2H3. The van der Waals surface area contributed by atoms with E-state index in [0.29, 0.717) is 25.3 Å². The van der Waals surface area contributed by atoms with Crippen molar-refractivity contribution in [2.45, 2.75) is 37.4 Å². The van der Waals surface area contributed by atoms with Crippen LogP contribution >= 0.6 is 0 Å². The van der Waals surface area contributed by atoms with Crippen molar-refractivity contribution in [1.82, 2.24) is 20.0 Å². The third-order valence-corrected chi connectivity index (χ3v) is 5.18. The number of hydrogen-bond donors (Lipinski definition) is 0. The van der Waals surface area contributed by atoms with Crippen LogP contribution in [0, 0.1) is 0 Å². The molecule has 2 fully saturated rings. The molecule has 1 aromatic rings. The second kappa shape index (κ2) is 8.09. The smallest absolute Gasteiger partial charge is 0.255 e. The first-order valence-corrected chi connectivity index (χ1v) is 9.01. The van der Waals surface area contributed by atoms with Crippen LogP contribution in [0.1, 0.15) is 36.0 Å². The number of ether oxygens (including phenoxy) is 2. The molecule has 8 nitrogen and oxygen atoms in total. The Balaban J connectivity index is 1.52. The summed E-state index contributed by atoms with van der Waals surface area (Å²) in [5.74, 6) is -0.0492.